The SMILES string of the molecule is O[C@@H]([C@H](O)[C@@H](O)CI)[C@@H](O)CI. The Bertz CT molecular complexity index is 110. The Morgan fingerprint density at radius 1 is 0.750 bits per heavy atom. The molecule has 0 bridgehead atoms. The van der Waals surface area contributed by atoms with Gasteiger partial charge < -0.3 is 20.4 Å². The van der Waals surface area contributed by atoms with Crippen molar-refractivity contribution in [3.63, 3.8) is 0 Å². The van der Waals surface area contributed by atoms with E-state index in [0.29, 0.717) is 8.86 Å². The molecule has 6 heteroatoms. The number of hydrogen-bond acceptors (Lipinski definition) is 4. The van der Waals surface area contributed by atoms with E-state index in [2.05, 4.69) is 0 Å². The maximum atomic E-state index is 9.22. The summed E-state index contributed by atoms with van der Waals surface area (Å²) in [6, 6.07) is 0. The van der Waals surface area contributed by atoms with E-state index < -0.39 is 24.4 Å². The molecule has 0 aromatic carbocycles. The third-order valence-electron chi connectivity index (χ3n) is 1.45. The van der Waals surface area contributed by atoms with E-state index in [-0.39, 0.29) is 0 Å². The predicted octanol–water partition coefficient (Wildman–Crippen LogP) is -0.700. The predicted molar refractivity (Wildman–Crippen MR) is 61.8 cm³/mol. The van der Waals surface area contributed by atoms with Crippen LogP contribution in [0.3, 0.4) is 0 Å². The number of alkyl halides is 2. The number of aliphatic hydroxyl groups excluding tert-OH is 4. The van der Waals surface area contributed by atoms with Crippen LogP contribution in [0.1, 0.15) is 0 Å². The third-order valence-corrected chi connectivity index (χ3v) is 3.26. The highest BCUT2D eigenvalue weighted by Gasteiger charge is 2.28. The van der Waals surface area contributed by atoms with Gasteiger partial charge in [-0.05, 0) is 0 Å². The Morgan fingerprint density at radius 3 is 1.17 bits per heavy atom. The monoisotopic (exact) mass is 402 g/mol. The fourth-order valence-corrected chi connectivity index (χ4v) is 1.68. The summed E-state index contributed by atoms with van der Waals surface area (Å²) in [7, 11) is 0. The Balaban J connectivity index is 3.99. The Morgan fingerprint density at radius 2 is 1.00 bits per heavy atom. The zero-order valence-electron chi connectivity index (χ0n) is 6.27. The molecular formula is C6H12I2O4. The number of halogens is 2. The number of hydrogen-bond donors (Lipinski definition) is 4. The van der Waals surface area contributed by atoms with Crippen molar-refractivity contribution in [3.05, 3.63) is 0 Å². The average Bonchev–Trinajstić information content (AvgIpc) is 2.12. The van der Waals surface area contributed by atoms with Crippen LogP contribution in [0.25, 0.3) is 0 Å². The van der Waals surface area contributed by atoms with Crippen molar-refractivity contribution >= 4 is 45.2 Å². The van der Waals surface area contributed by atoms with E-state index in [4.69, 9.17) is 10.2 Å². The number of aliphatic hydroxyl groups is 4. The zero-order valence-corrected chi connectivity index (χ0v) is 10.6. The minimum absolute atomic E-state index is 0.323. The van der Waals surface area contributed by atoms with Crippen molar-refractivity contribution < 1.29 is 20.4 Å². The normalized spacial score (nSPS) is 21.5. The standard InChI is InChI=1S/C6H12I2O4/c7-1-3(9)5(11)6(12)4(10)2-8/h3-6,9-12H,1-2H2/t3-,4-,5+,6+/m0/s1. The van der Waals surface area contributed by atoms with Crippen molar-refractivity contribution in [1.29, 1.82) is 0 Å². The molecule has 0 saturated carbocycles. The van der Waals surface area contributed by atoms with E-state index in [9.17, 15) is 10.2 Å². The molecule has 0 aliphatic carbocycles. The second-order valence-electron chi connectivity index (χ2n) is 2.42. The summed E-state index contributed by atoms with van der Waals surface area (Å²) in [6.07, 6.45) is -4.52. The average molecular weight is 402 g/mol. The molecule has 0 aromatic rings. The molecule has 0 radical (unpaired) electrons. The highest BCUT2D eigenvalue weighted by molar-refractivity contribution is 14.1. The van der Waals surface area contributed by atoms with E-state index in [1.165, 1.54) is 0 Å². The Labute approximate surface area is 98.3 Å². The third kappa shape index (κ3) is 4.01. The lowest BCUT2D eigenvalue weighted by Gasteiger charge is -2.24. The van der Waals surface area contributed by atoms with E-state index in [1.807, 2.05) is 45.2 Å². The van der Waals surface area contributed by atoms with Crippen LogP contribution in [-0.4, -0.2) is 53.7 Å². The summed E-state index contributed by atoms with van der Waals surface area (Å²) in [5.41, 5.74) is 0. The minimum Gasteiger partial charge on any atom is -0.390 e. The maximum Gasteiger partial charge on any atom is 0.109 e. The lowest BCUT2D eigenvalue weighted by molar-refractivity contribution is -0.0908. The van der Waals surface area contributed by atoms with Gasteiger partial charge in [-0.3, -0.25) is 0 Å². The van der Waals surface area contributed by atoms with Gasteiger partial charge in [0.25, 0.3) is 0 Å². The molecule has 74 valence electrons. The molecule has 0 aromatic heterocycles. The summed E-state index contributed by atoms with van der Waals surface area (Å²) in [5.74, 6) is 0. The molecule has 0 aliphatic heterocycles. The first-order chi connectivity index (χ1) is 5.54. The van der Waals surface area contributed by atoms with E-state index in [1.54, 1.807) is 0 Å². The van der Waals surface area contributed by atoms with Gasteiger partial charge in [-0.15, -0.1) is 0 Å². The molecule has 0 fully saturated rings. The van der Waals surface area contributed by atoms with Crippen LogP contribution in [0.15, 0.2) is 0 Å². The molecule has 4 N–H and O–H groups in total. The van der Waals surface area contributed by atoms with Gasteiger partial charge in [-0.2, -0.15) is 0 Å². The highest BCUT2D eigenvalue weighted by atomic mass is 127. The molecule has 0 spiro atoms. The minimum atomic E-state index is -1.27. The molecular weight excluding hydrogens is 390 g/mol. The van der Waals surface area contributed by atoms with Gasteiger partial charge in [-0.1, -0.05) is 45.2 Å². The largest absolute Gasteiger partial charge is 0.390 e. The summed E-state index contributed by atoms with van der Waals surface area (Å²) in [4.78, 5) is 0. The van der Waals surface area contributed by atoms with Crippen LogP contribution < -0.4 is 0 Å². The smallest absolute Gasteiger partial charge is 0.109 e. The second kappa shape index (κ2) is 6.71. The first-order valence-corrected chi connectivity index (χ1v) is 6.43. The summed E-state index contributed by atoms with van der Waals surface area (Å²) in [5, 5.41) is 36.7. The van der Waals surface area contributed by atoms with Gasteiger partial charge >= 0.3 is 0 Å². The maximum absolute atomic E-state index is 9.22. The van der Waals surface area contributed by atoms with Gasteiger partial charge in [-0.25, -0.2) is 0 Å². The Hall–Kier alpha value is 1.30. The Kier molecular flexibility index (Phi) is 7.44. The first kappa shape index (κ1) is 13.3. The summed E-state index contributed by atoms with van der Waals surface area (Å²) < 4.78 is 0.647. The van der Waals surface area contributed by atoms with Gasteiger partial charge in [0.2, 0.25) is 0 Å². The summed E-state index contributed by atoms with van der Waals surface area (Å²) >= 11 is 3.79. The van der Waals surface area contributed by atoms with Gasteiger partial charge in [0.15, 0.2) is 0 Å². The van der Waals surface area contributed by atoms with Gasteiger partial charge in [0.1, 0.15) is 12.2 Å². The molecule has 4 atom stereocenters. The second-order valence-corrected chi connectivity index (χ2v) is 4.19. The topological polar surface area (TPSA) is 80.9 Å². The lowest BCUT2D eigenvalue weighted by Crippen LogP contribution is -2.45. The molecule has 0 aliphatic rings. The molecule has 0 rings (SSSR count). The summed E-state index contributed by atoms with van der Waals surface area (Å²) in [6.45, 7) is 0. The molecule has 0 heterocycles. The van der Waals surface area contributed by atoms with Crippen LogP contribution in [0.4, 0.5) is 0 Å². The number of rotatable bonds is 5. The first-order valence-electron chi connectivity index (χ1n) is 3.38. The fourth-order valence-electron chi connectivity index (χ4n) is 0.638. The lowest BCUT2D eigenvalue weighted by atomic mass is 10.1. The van der Waals surface area contributed by atoms with Crippen molar-refractivity contribution in [3.8, 4) is 0 Å². The fraction of sp³-hybridized carbons (Fsp3) is 1.00. The van der Waals surface area contributed by atoms with Crippen molar-refractivity contribution in [2.75, 3.05) is 8.86 Å². The molecule has 12 heavy (non-hydrogen) atoms. The van der Waals surface area contributed by atoms with Crippen molar-refractivity contribution in [2.45, 2.75) is 24.4 Å². The van der Waals surface area contributed by atoms with Gasteiger partial charge in [0, 0.05) is 8.86 Å². The zero-order chi connectivity index (χ0) is 9.72. The highest BCUT2D eigenvalue weighted by Crippen LogP contribution is 2.08. The quantitative estimate of drug-likeness (QED) is 0.363. The van der Waals surface area contributed by atoms with E-state index in [0.717, 1.165) is 0 Å². The molecule has 4 nitrogen and oxygen atoms in total. The van der Waals surface area contributed by atoms with E-state index >= 15 is 0 Å². The van der Waals surface area contributed by atoms with Crippen LogP contribution in [0, 0.1) is 0 Å². The molecule has 0 saturated heterocycles. The molecule has 0 amide bonds. The van der Waals surface area contributed by atoms with Crippen molar-refractivity contribution in [1.82, 2.24) is 0 Å². The van der Waals surface area contributed by atoms with Crippen LogP contribution >= 0.6 is 45.2 Å². The van der Waals surface area contributed by atoms with Crippen LogP contribution in [-0.2, 0) is 0 Å². The van der Waals surface area contributed by atoms with Gasteiger partial charge in [0.05, 0.1) is 12.2 Å². The van der Waals surface area contributed by atoms with Crippen LogP contribution in [0.2, 0.25) is 0 Å². The van der Waals surface area contributed by atoms with Crippen LogP contribution in [0.5, 0.6) is 0 Å². The van der Waals surface area contributed by atoms with Crippen molar-refractivity contribution in [2.24, 2.45) is 0 Å². The molecule has 0 unspecified atom stereocenters.